The van der Waals surface area contributed by atoms with Crippen molar-refractivity contribution in [3.8, 4) is 0 Å². The van der Waals surface area contributed by atoms with Crippen molar-refractivity contribution >= 4 is 21.4 Å². The van der Waals surface area contributed by atoms with Gasteiger partial charge in [0.2, 0.25) is 10.0 Å². The first-order valence-corrected chi connectivity index (χ1v) is 8.88. The van der Waals surface area contributed by atoms with Gasteiger partial charge in [0, 0.05) is 25.1 Å². The molecule has 0 saturated heterocycles. The number of hydrogen-bond acceptors (Lipinski definition) is 5. The molecule has 0 aliphatic carbocycles. The Morgan fingerprint density at radius 2 is 2.10 bits per heavy atom. The molecule has 1 aromatic heterocycles. The zero-order chi connectivity index (χ0) is 15.2. The van der Waals surface area contributed by atoms with Gasteiger partial charge in [0.1, 0.15) is 4.21 Å². The molecule has 1 rings (SSSR count). The highest BCUT2D eigenvalue weighted by Gasteiger charge is 2.23. The van der Waals surface area contributed by atoms with Gasteiger partial charge in [0.15, 0.2) is 0 Å². The first-order valence-electron chi connectivity index (χ1n) is 6.58. The number of nitrogens with two attached hydrogens (primary N) is 1. The molecule has 1 heterocycles. The monoisotopic (exact) mass is 320 g/mol. The summed E-state index contributed by atoms with van der Waals surface area (Å²) < 4.78 is 32.5. The Bertz CT molecular complexity index is 509. The number of sulfonamides is 1. The summed E-state index contributed by atoms with van der Waals surface area (Å²) in [4.78, 5) is 0.992. The molecule has 0 radical (unpaired) electrons. The van der Waals surface area contributed by atoms with Crippen LogP contribution in [0.15, 0.2) is 16.3 Å². The van der Waals surface area contributed by atoms with Crippen molar-refractivity contribution in [1.82, 2.24) is 4.72 Å². The SMILES string of the molecule is COCCC(C)(C)CNS(=O)(=O)c1ccc(CCN)s1. The van der Waals surface area contributed by atoms with E-state index in [1.54, 1.807) is 13.2 Å². The van der Waals surface area contributed by atoms with Crippen LogP contribution in [0.3, 0.4) is 0 Å². The molecule has 116 valence electrons. The van der Waals surface area contributed by atoms with Crippen molar-refractivity contribution in [2.45, 2.75) is 30.9 Å². The summed E-state index contributed by atoms with van der Waals surface area (Å²) in [5, 5.41) is 0. The minimum Gasteiger partial charge on any atom is -0.385 e. The smallest absolute Gasteiger partial charge is 0.250 e. The van der Waals surface area contributed by atoms with E-state index in [0.29, 0.717) is 30.3 Å². The summed E-state index contributed by atoms with van der Waals surface area (Å²) in [7, 11) is -1.79. The van der Waals surface area contributed by atoms with Crippen molar-refractivity contribution in [3.05, 3.63) is 17.0 Å². The maximum absolute atomic E-state index is 12.2. The van der Waals surface area contributed by atoms with E-state index in [9.17, 15) is 8.42 Å². The predicted octanol–water partition coefficient (Wildman–Crippen LogP) is 1.59. The van der Waals surface area contributed by atoms with Gasteiger partial charge in [-0.1, -0.05) is 13.8 Å². The molecular weight excluding hydrogens is 296 g/mol. The van der Waals surface area contributed by atoms with E-state index < -0.39 is 10.0 Å². The third-order valence-electron chi connectivity index (χ3n) is 3.02. The molecule has 0 aliphatic heterocycles. The number of nitrogens with one attached hydrogen (secondary N) is 1. The maximum Gasteiger partial charge on any atom is 0.250 e. The van der Waals surface area contributed by atoms with Gasteiger partial charge in [-0.25, -0.2) is 13.1 Å². The van der Waals surface area contributed by atoms with Crippen LogP contribution in [0.25, 0.3) is 0 Å². The number of ether oxygens (including phenoxy) is 1. The standard InChI is InChI=1S/C13H24N2O3S2/c1-13(2,7-9-18-3)10-15-20(16,17)12-5-4-11(19-12)6-8-14/h4-5,15H,6-10,14H2,1-3H3. The molecule has 5 nitrogen and oxygen atoms in total. The average molecular weight is 320 g/mol. The van der Waals surface area contributed by atoms with E-state index in [2.05, 4.69) is 4.72 Å². The molecule has 3 N–H and O–H groups in total. The molecule has 20 heavy (non-hydrogen) atoms. The maximum atomic E-state index is 12.2. The van der Waals surface area contributed by atoms with Crippen molar-refractivity contribution in [3.63, 3.8) is 0 Å². The van der Waals surface area contributed by atoms with Crippen LogP contribution >= 0.6 is 11.3 Å². The molecule has 1 aromatic rings. The van der Waals surface area contributed by atoms with Gasteiger partial charge in [-0.05, 0) is 36.9 Å². The van der Waals surface area contributed by atoms with Crippen LogP contribution < -0.4 is 10.5 Å². The predicted molar refractivity (Wildman–Crippen MR) is 82.5 cm³/mol. The third-order valence-corrected chi connectivity index (χ3v) is 6.05. The Morgan fingerprint density at radius 1 is 1.40 bits per heavy atom. The summed E-state index contributed by atoms with van der Waals surface area (Å²) in [6, 6.07) is 3.46. The topological polar surface area (TPSA) is 81.4 Å². The van der Waals surface area contributed by atoms with Crippen LogP contribution in [-0.2, 0) is 21.2 Å². The lowest BCUT2D eigenvalue weighted by Gasteiger charge is -2.24. The zero-order valence-corrected chi connectivity index (χ0v) is 13.9. The van der Waals surface area contributed by atoms with Crippen LogP contribution in [0, 0.1) is 5.41 Å². The van der Waals surface area contributed by atoms with Gasteiger partial charge in [0.25, 0.3) is 0 Å². The average Bonchev–Trinajstić information content (AvgIpc) is 2.84. The molecule has 0 saturated carbocycles. The minimum absolute atomic E-state index is 0.138. The molecule has 0 aromatic carbocycles. The number of rotatable bonds is 9. The van der Waals surface area contributed by atoms with Gasteiger partial charge >= 0.3 is 0 Å². The molecule has 7 heteroatoms. The lowest BCUT2D eigenvalue weighted by atomic mass is 9.90. The third kappa shape index (κ3) is 5.49. The van der Waals surface area contributed by atoms with Crippen LogP contribution in [0.5, 0.6) is 0 Å². The number of methoxy groups -OCH3 is 1. The quantitative estimate of drug-likeness (QED) is 0.724. The molecule has 0 spiro atoms. The highest BCUT2D eigenvalue weighted by molar-refractivity contribution is 7.91. The fraction of sp³-hybridized carbons (Fsp3) is 0.692. The Morgan fingerprint density at radius 3 is 2.70 bits per heavy atom. The van der Waals surface area contributed by atoms with Gasteiger partial charge in [-0.3, -0.25) is 0 Å². The summed E-state index contributed by atoms with van der Waals surface area (Å²) in [6.07, 6.45) is 1.51. The number of thiophene rings is 1. The summed E-state index contributed by atoms with van der Waals surface area (Å²) in [5.41, 5.74) is 5.33. The van der Waals surface area contributed by atoms with Gasteiger partial charge in [-0.2, -0.15) is 0 Å². The highest BCUT2D eigenvalue weighted by atomic mass is 32.2. The van der Waals surface area contributed by atoms with E-state index >= 15 is 0 Å². The highest BCUT2D eigenvalue weighted by Crippen LogP contribution is 2.24. The molecule has 0 fully saturated rings. The van der Waals surface area contributed by atoms with Crippen LogP contribution in [0.4, 0.5) is 0 Å². The zero-order valence-electron chi connectivity index (χ0n) is 12.3. The molecule has 0 atom stereocenters. The Balaban J connectivity index is 2.64. The molecule has 0 bridgehead atoms. The van der Waals surface area contributed by atoms with Crippen molar-refractivity contribution in [2.75, 3.05) is 26.8 Å². The largest absolute Gasteiger partial charge is 0.385 e. The Kier molecular flexibility index (Phi) is 6.60. The van der Waals surface area contributed by atoms with Gasteiger partial charge in [0.05, 0.1) is 0 Å². The molecular formula is C13H24N2O3S2. The first kappa shape index (κ1) is 17.6. The number of hydrogen-bond donors (Lipinski definition) is 2. The van der Waals surface area contributed by atoms with Crippen LogP contribution in [-0.4, -0.2) is 35.2 Å². The Labute approximate surface area is 125 Å². The second kappa shape index (κ2) is 7.51. The second-order valence-corrected chi connectivity index (χ2v) is 8.65. The molecule has 0 amide bonds. The lowest BCUT2D eigenvalue weighted by Crippen LogP contribution is -2.34. The van der Waals surface area contributed by atoms with E-state index in [0.717, 1.165) is 11.3 Å². The van der Waals surface area contributed by atoms with Crippen LogP contribution in [0.1, 0.15) is 25.1 Å². The minimum atomic E-state index is -3.43. The summed E-state index contributed by atoms with van der Waals surface area (Å²) in [5.74, 6) is 0. The van der Waals surface area contributed by atoms with Crippen molar-refractivity contribution in [2.24, 2.45) is 11.1 Å². The molecule has 0 unspecified atom stereocenters. The first-order chi connectivity index (χ1) is 9.30. The van der Waals surface area contributed by atoms with Gasteiger partial charge < -0.3 is 10.5 Å². The van der Waals surface area contributed by atoms with Crippen molar-refractivity contribution < 1.29 is 13.2 Å². The van der Waals surface area contributed by atoms with E-state index in [-0.39, 0.29) is 5.41 Å². The van der Waals surface area contributed by atoms with E-state index in [4.69, 9.17) is 10.5 Å². The van der Waals surface area contributed by atoms with E-state index in [1.165, 1.54) is 11.3 Å². The second-order valence-electron chi connectivity index (χ2n) is 5.49. The fourth-order valence-electron chi connectivity index (χ4n) is 1.61. The lowest BCUT2D eigenvalue weighted by molar-refractivity contribution is 0.153. The molecule has 0 aliphatic rings. The van der Waals surface area contributed by atoms with Crippen LogP contribution in [0.2, 0.25) is 0 Å². The summed E-state index contributed by atoms with van der Waals surface area (Å²) in [6.45, 7) is 5.57. The van der Waals surface area contributed by atoms with Crippen molar-refractivity contribution in [1.29, 1.82) is 0 Å². The Hall–Kier alpha value is -0.470. The summed E-state index contributed by atoms with van der Waals surface area (Å²) >= 11 is 1.28. The normalized spacial score (nSPS) is 12.8. The fourth-order valence-corrected chi connectivity index (χ4v) is 4.26. The van der Waals surface area contributed by atoms with Gasteiger partial charge in [-0.15, -0.1) is 11.3 Å². The van der Waals surface area contributed by atoms with E-state index in [1.807, 2.05) is 19.9 Å².